The highest BCUT2D eigenvalue weighted by Crippen LogP contribution is 2.35. The average molecular weight is 431 g/mol. The first kappa shape index (κ1) is 19.0. The number of rotatable bonds is 6. The minimum absolute atomic E-state index is 0.0378. The molecule has 1 aliphatic heterocycles. The Kier molecular flexibility index (Phi) is 5.81. The second-order valence-electron chi connectivity index (χ2n) is 5.66. The van der Waals surface area contributed by atoms with Crippen LogP contribution in [0.25, 0.3) is 6.08 Å². The molecule has 3 rings (SSSR count). The van der Waals surface area contributed by atoms with Crippen molar-refractivity contribution in [3.05, 3.63) is 58.1 Å². The molecular formula is C20H19BrN2O4. The summed E-state index contributed by atoms with van der Waals surface area (Å²) in [7, 11) is 0. The Morgan fingerprint density at radius 3 is 2.37 bits per heavy atom. The van der Waals surface area contributed by atoms with Gasteiger partial charge in [-0.25, -0.2) is 5.01 Å². The summed E-state index contributed by atoms with van der Waals surface area (Å²) in [6.07, 6.45) is 1.53. The topological polar surface area (TPSA) is 67.9 Å². The molecule has 2 aromatic rings. The van der Waals surface area contributed by atoms with Crippen LogP contribution in [-0.4, -0.2) is 25.0 Å². The summed E-state index contributed by atoms with van der Waals surface area (Å²) in [6.45, 7) is 4.71. The Hall–Kier alpha value is -2.80. The van der Waals surface area contributed by atoms with Gasteiger partial charge in [-0.3, -0.25) is 15.0 Å². The third-order valence-corrected chi connectivity index (χ3v) is 4.49. The Bertz CT molecular complexity index is 896. The number of para-hydroxylation sites is 1. The van der Waals surface area contributed by atoms with Crippen molar-refractivity contribution in [1.29, 1.82) is 0 Å². The number of hydrogen-bond acceptors (Lipinski definition) is 4. The van der Waals surface area contributed by atoms with Crippen molar-refractivity contribution in [2.45, 2.75) is 13.8 Å². The van der Waals surface area contributed by atoms with Crippen LogP contribution in [-0.2, 0) is 9.59 Å². The normalized spacial score (nSPS) is 15.2. The van der Waals surface area contributed by atoms with E-state index in [1.165, 1.54) is 11.1 Å². The molecule has 0 atom stereocenters. The Balaban J connectivity index is 1.99. The van der Waals surface area contributed by atoms with Crippen molar-refractivity contribution in [3.63, 3.8) is 0 Å². The van der Waals surface area contributed by atoms with E-state index in [4.69, 9.17) is 9.47 Å². The predicted molar refractivity (Wildman–Crippen MR) is 107 cm³/mol. The Morgan fingerprint density at radius 1 is 1.04 bits per heavy atom. The van der Waals surface area contributed by atoms with Gasteiger partial charge in [0.15, 0.2) is 0 Å². The Morgan fingerprint density at radius 2 is 1.70 bits per heavy atom. The fourth-order valence-electron chi connectivity index (χ4n) is 2.68. The standard InChI is InChI=1S/C20H19BrN2O4/c1-3-26-17-12-18(27-4-2)16(21)11-13(17)10-15-19(24)22-23(20(15)25)14-8-6-5-7-9-14/h5-12H,3-4H2,1-2H3,(H,22,24). The summed E-state index contributed by atoms with van der Waals surface area (Å²) in [5.41, 5.74) is 3.83. The van der Waals surface area contributed by atoms with E-state index in [1.54, 1.807) is 36.4 Å². The molecule has 6 nitrogen and oxygen atoms in total. The molecule has 1 fully saturated rings. The summed E-state index contributed by atoms with van der Waals surface area (Å²) in [6, 6.07) is 12.5. The first-order chi connectivity index (χ1) is 13.0. The molecule has 2 aromatic carbocycles. The summed E-state index contributed by atoms with van der Waals surface area (Å²) in [4.78, 5) is 25.1. The number of anilines is 1. The molecule has 2 amide bonds. The minimum atomic E-state index is -0.462. The molecule has 140 valence electrons. The van der Waals surface area contributed by atoms with E-state index in [9.17, 15) is 9.59 Å². The molecule has 0 radical (unpaired) electrons. The van der Waals surface area contributed by atoms with Crippen LogP contribution in [0.4, 0.5) is 5.69 Å². The van der Waals surface area contributed by atoms with Gasteiger partial charge in [-0.1, -0.05) is 18.2 Å². The zero-order valence-corrected chi connectivity index (χ0v) is 16.6. The molecule has 0 aromatic heterocycles. The predicted octanol–water partition coefficient (Wildman–Crippen LogP) is 3.71. The van der Waals surface area contributed by atoms with Gasteiger partial charge in [-0.2, -0.15) is 0 Å². The molecule has 1 saturated heterocycles. The number of hydrazine groups is 1. The maximum Gasteiger partial charge on any atom is 0.282 e. The number of nitrogens with zero attached hydrogens (tertiary/aromatic N) is 1. The number of carbonyl (C=O) groups is 2. The highest BCUT2D eigenvalue weighted by molar-refractivity contribution is 9.10. The molecule has 1 heterocycles. The van der Waals surface area contributed by atoms with Crippen molar-refractivity contribution >= 4 is 39.5 Å². The second-order valence-corrected chi connectivity index (χ2v) is 6.52. The summed E-state index contributed by atoms with van der Waals surface area (Å²) in [5.74, 6) is 0.293. The van der Waals surface area contributed by atoms with Crippen molar-refractivity contribution in [1.82, 2.24) is 5.43 Å². The van der Waals surface area contributed by atoms with Gasteiger partial charge in [-0.05, 0) is 54.1 Å². The molecule has 1 N–H and O–H groups in total. The molecule has 0 bridgehead atoms. The van der Waals surface area contributed by atoms with Gasteiger partial charge in [0.25, 0.3) is 11.8 Å². The van der Waals surface area contributed by atoms with E-state index >= 15 is 0 Å². The molecule has 1 aliphatic rings. The molecule has 0 saturated carbocycles. The first-order valence-electron chi connectivity index (χ1n) is 8.56. The SMILES string of the molecule is CCOc1cc(OCC)c(C=C2C(=O)NN(c3ccccc3)C2=O)cc1Br. The Labute approximate surface area is 165 Å². The lowest BCUT2D eigenvalue weighted by atomic mass is 10.1. The zero-order chi connectivity index (χ0) is 19.4. The van der Waals surface area contributed by atoms with E-state index < -0.39 is 11.8 Å². The van der Waals surface area contributed by atoms with Gasteiger partial charge in [-0.15, -0.1) is 0 Å². The number of benzene rings is 2. The van der Waals surface area contributed by atoms with Crippen molar-refractivity contribution in [2.75, 3.05) is 18.2 Å². The van der Waals surface area contributed by atoms with E-state index in [0.29, 0.717) is 40.4 Å². The van der Waals surface area contributed by atoms with Gasteiger partial charge < -0.3 is 9.47 Å². The van der Waals surface area contributed by atoms with E-state index in [1.807, 2.05) is 19.9 Å². The van der Waals surface area contributed by atoms with Gasteiger partial charge in [0.1, 0.15) is 17.1 Å². The lowest BCUT2D eigenvalue weighted by Gasteiger charge is -2.14. The molecule has 0 spiro atoms. The second kappa shape index (κ2) is 8.26. The maximum absolute atomic E-state index is 12.7. The maximum atomic E-state index is 12.7. The van der Waals surface area contributed by atoms with Crippen LogP contribution >= 0.6 is 15.9 Å². The van der Waals surface area contributed by atoms with Gasteiger partial charge in [0, 0.05) is 11.6 Å². The molecule has 27 heavy (non-hydrogen) atoms. The summed E-state index contributed by atoms with van der Waals surface area (Å²) < 4.78 is 11.9. The van der Waals surface area contributed by atoms with Crippen molar-refractivity contribution < 1.29 is 19.1 Å². The van der Waals surface area contributed by atoms with Crippen molar-refractivity contribution in [3.8, 4) is 11.5 Å². The lowest BCUT2D eigenvalue weighted by Crippen LogP contribution is -2.35. The monoisotopic (exact) mass is 430 g/mol. The fraction of sp³-hybridized carbons (Fsp3) is 0.200. The highest BCUT2D eigenvalue weighted by atomic mass is 79.9. The first-order valence-corrected chi connectivity index (χ1v) is 9.35. The van der Waals surface area contributed by atoms with Crippen LogP contribution in [0.15, 0.2) is 52.5 Å². The third-order valence-electron chi connectivity index (χ3n) is 3.87. The van der Waals surface area contributed by atoms with E-state index in [2.05, 4.69) is 21.4 Å². The fourth-order valence-corrected chi connectivity index (χ4v) is 3.16. The molecule has 0 unspecified atom stereocenters. The summed E-state index contributed by atoms with van der Waals surface area (Å²) >= 11 is 3.46. The number of ether oxygens (including phenoxy) is 2. The van der Waals surface area contributed by atoms with Crippen LogP contribution in [0.1, 0.15) is 19.4 Å². The quantitative estimate of drug-likeness (QED) is 0.560. The zero-order valence-electron chi connectivity index (χ0n) is 15.0. The van der Waals surface area contributed by atoms with E-state index in [0.717, 1.165) is 0 Å². The van der Waals surface area contributed by atoms with Crippen LogP contribution < -0.4 is 19.9 Å². The summed E-state index contributed by atoms with van der Waals surface area (Å²) in [5, 5.41) is 1.23. The smallest absolute Gasteiger partial charge is 0.282 e. The van der Waals surface area contributed by atoms with Crippen LogP contribution in [0.3, 0.4) is 0 Å². The minimum Gasteiger partial charge on any atom is -0.493 e. The number of carbonyl (C=O) groups excluding carboxylic acids is 2. The third kappa shape index (κ3) is 3.98. The van der Waals surface area contributed by atoms with Crippen LogP contribution in [0.2, 0.25) is 0 Å². The number of halogens is 1. The van der Waals surface area contributed by atoms with Crippen LogP contribution in [0.5, 0.6) is 11.5 Å². The average Bonchev–Trinajstić information content (AvgIpc) is 2.94. The largest absolute Gasteiger partial charge is 0.493 e. The lowest BCUT2D eigenvalue weighted by molar-refractivity contribution is -0.117. The van der Waals surface area contributed by atoms with Gasteiger partial charge >= 0.3 is 0 Å². The molecule has 7 heteroatoms. The number of amides is 2. The van der Waals surface area contributed by atoms with Crippen LogP contribution in [0, 0.1) is 0 Å². The van der Waals surface area contributed by atoms with Crippen molar-refractivity contribution in [2.24, 2.45) is 0 Å². The molecular weight excluding hydrogens is 412 g/mol. The number of hydrogen-bond donors (Lipinski definition) is 1. The van der Waals surface area contributed by atoms with Gasteiger partial charge in [0.05, 0.1) is 23.4 Å². The van der Waals surface area contributed by atoms with E-state index in [-0.39, 0.29) is 5.57 Å². The van der Waals surface area contributed by atoms with Gasteiger partial charge in [0.2, 0.25) is 0 Å². The molecule has 0 aliphatic carbocycles. The number of nitrogens with one attached hydrogen (secondary N) is 1. The highest BCUT2D eigenvalue weighted by Gasteiger charge is 2.34.